The van der Waals surface area contributed by atoms with Crippen molar-refractivity contribution in [2.24, 2.45) is 0 Å². The highest BCUT2D eigenvalue weighted by Crippen LogP contribution is 2.25. The molecule has 0 atom stereocenters. The van der Waals surface area contributed by atoms with Gasteiger partial charge < -0.3 is 18.8 Å². The van der Waals surface area contributed by atoms with E-state index in [1.165, 1.54) is 7.11 Å². The molecule has 0 fully saturated rings. The molecule has 6 nitrogen and oxygen atoms in total. The van der Waals surface area contributed by atoms with Crippen LogP contribution in [-0.2, 0) is 20.9 Å². The van der Waals surface area contributed by atoms with Gasteiger partial charge in [0.25, 0.3) is 0 Å². The number of esters is 2. The SMILES string of the molecule is COC(=O)c1ccc(OCC(=O)OCc2ccccc2)c(-n2cccc2)c1. The van der Waals surface area contributed by atoms with Gasteiger partial charge in [-0.25, -0.2) is 9.59 Å². The van der Waals surface area contributed by atoms with Crippen LogP contribution in [0.3, 0.4) is 0 Å². The van der Waals surface area contributed by atoms with Gasteiger partial charge in [-0.2, -0.15) is 0 Å². The zero-order valence-electron chi connectivity index (χ0n) is 14.8. The molecule has 0 N–H and O–H groups in total. The smallest absolute Gasteiger partial charge is 0.344 e. The van der Waals surface area contributed by atoms with Gasteiger partial charge in [-0.1, -0.05) is 30.3 Å². The Labute approximate surface area is 156 Å². The summed E-state index contributed by atoms with van der Waals surface area (Å²) in [5.74, 6) is -0.470. The molecule has 0 saturated carbocycles. The highest BCUT2D eigenvalue weighted by Gasteiger charge is 2.13. The first kappa shape index (κ1) is 18.3. The number of rotatable bonds is 7. The van der Waals surface area contributed by atoms with Gasteiger partial charge in [0, 0.05) is 12.4 Å². The van der Waals surface area contributed by atoms with Crippen LogP contribution in [0.15, 0.2) is 73.1 Å². The van der Waals surface area contributed by atoms with Crippen LogP contribution in [0.4, 0.5) is 0 Å². The van der Waals surface area contributed by atoms with E-state index in [0.717, 1.165) is 5.56 Å². The van der Waals surface area contributed by atoms with Crippen molar-refractivity contribution in [2.45, 2.75) is 6.61 Å². The zero-order valence-corrected chi connectivity index (χ0v) is 14.8. The van der Waals surface area contributed by atoms with Crippen LogP contribution in [0.1, 0.15) is 15.9 Å². The van der Waals surface area contributed by atoms with E-state index in [0.29, 0.717) is 17.0 Å². The van der Waals surface area contributed by atoms with Gasteiger partial charge in [0.2, 0.25) is 0 Å². The van der Waals surface area contributed by atoms with E-state index in [1.807, 2.05) is 54.9 Å². The normalized spacial score (nSPS) is 10.3. The average Bonchev–Trinajstić information content (AvgIpc) is 3.25. The van der Waals surface area contributed by atoms with Crippen molar-refractivity contribution >= 4 is 11.9 Å². The molecule has 3 rings (SSSR count). The molecule has 0 aliphatic rings. The summed E-state index contributed by atoms with van der Waals surface area (Å²) in [6, 6.07) is 18.0. The molecular weight excluding hydrogens is 346 g/mol. The Hall–Kier alpha value is -3.54. The molecule has 6 heteroatoms. The summed E-state index contributed by atoms with van der Waals surface area (Å²) in [4.78, 5) is 23.8. The Kier molecular flexibility index (Phi) is 5.89. The zero-order chi connectivity index (χ0) is 19.1. The van der Waals surface area contributed by atoms with Crippen LogP contribution in [0.2, 0.25) is 0 Å². The summed E-state index contributed by atoms with van der Waals surface area (Å²) < 4.78 is 17.4. The maximum Gasteiger partial charge on any atom is 0.344 e. The van der Waals surface area contributed by atoms with Crippen LogP contribution in [-0.4, -0.2) is 30.2 Å². The summed E-state index contributed by atoms with van der Waals surface area (Å²) in [5, 5.41) is 0. The van der Waals surface area contributed by atoms with E-state index in [2.05, 4.69) is 0 Å². The van der Waals surface area contributed by atoms with Crippen molar-refractivity contribution in [1.29, 1.82) is 0 Å². The molecule has 0 aliphatic heterocycles. The summed E-state index contributed by atoms with van der Waals surface area (Å²) in [5.41, 5.74) is 1.92. The van der Waals surface area contributed by atoms with Gasteiger partial charge >= 0.3 is 11.9 Å². The Morgan fingerprint density at radius 1 is 0.963 bits per heavy atom. The van der Waals surface area contributed by atoms with Crippen molar-refractivity contribution in [2.75, 3.05) is 13.7 Å². The highest BCUT2D eigenvalue weighted by atomic mass is 16.6. The molecule has 138 valence electrons. The van der Waals surface area contributed by atoms with Crippen LogP contribution in [0.5, 0.6) is 5.75 Å². The van der Waals surface area contributed by atoms with Gasteiger partial charge in [0.1, 0.15) is 12.4 Å². The van der Waals surface area contributed by atoms with Crippen molar-refractivity contribution in [3.8, 4) is 11.4 Å². The number of hydrogen-bond acceptors (Lipinski definition) is 5. The fourth-order valence-corrected chi connectivity index (χ4v) is 2.50. The summed E-state index contributed by atoms with van der Waals surface area (Å²) in [7, 11) is 1.32. The second kappa shape index (κ2) is 8.71. The largest absolute Gasteiger partial charge is 0.480 e. The number of ether oxygens (including phenoxy) is 3. The number of aromatic nitrogens is 1. The molecule has 0 unspecified atom stereocenters. The predicted molar refractivity (Wildman–Crippen MR) is 98.8 cm³/mol. The third-order valence-corrected chi connectivity index (χ3v) is 3.85. The van der Waals surface area contributed by atoms with Crippen LogP contribution >= 0.6 is 0 Å². The Bertz CT molecular complexity index is 904. The van der Waals surface area contributed by atoms with Crippen molar-refractivity contribution in [3.05, 3.63) is 84.2 Å². The average molecular weight is 365 g/mol. The Morgan fingerprint density at radius 2 is 1.70 bits per heavy atom. The van der Waals surface area contributed by atoms with Crippen LogP contribution in [0.25, 0.3) is 5.69 Å². The van der Waals surface area contributed by atoms with E-state index in [9.17, 15) is 9.59 Å². The molecule has 1 aromatic heterocycles. The van der Waals surface area contributed by atoms with Gasteiger partial charge in [-0.05, 0) is 35.9 Å². The van der Waals surface area contributed by atoms with E-state index >= 15 is 0 Å². The fraction of sp³-hybridized carbons (Fsp3) is 0.143. The maximum absolute atomic E-state index is 12.0. The van der Waals surface area contributed by atoms with Crippen molar-refractivity contribution in [1.82, 2.24) is 4.57 Å². The molecule has 27 heavy (non-hydrogen) atoms. The number of carbonyl (C=O) groups excluding carboxylic acids is 2. The van der Waals surface area contributed by atoms with Crippen molar-refractivity contribution in [3.63, 3.8) is 0 Å². The third-order valence-electron chi connectivity index (χ3n) is 3.85. The molecule has 0 aliphatic carbocycles. The lowest BCUT2D eigenvalue weighted by atomic mass is 10.2. The lowest BCUT2D eigenvalue weighted by molar-refractivity contribution is -0.147. The van der Waals surface area contributed by atoms with Gasteiger partial charge in [0.05, 0.1) is 18.4 Å². The van der Waals surface area contributed by atoms with Gasteiger partial charge in [-0.3, -0.25) is 0 Å². The first-order chi connectivity index (χ1) is 13.2. The van der Waals surface area contributed by atoms with E-state index < -0.39 is 11.9 Å². The number of methoxy groups -OCH3 is 1. The molecule has 0 amide bonds. The molecule has 0 saturated heterocycles. The molecule has 3 aromatic rings. The van der Waals surface area contributed by atoms with E-state index in [1.54, 1.807) is 22.8 Å². The highest BCUT2D eigenvalue weighted by molar-refractivity contribution is 5.90. The lowest BCUT2D eigenvalue weighted by Gasteiger charge is -2.13. The summed E-state index contributed by atoms with van der Waals surface area (Å²) in [6.45, 7) is -0.0482. The van der Waals surface area contributed by atoms with Crippen LogP contribution in [0, 0.1) is 0 Å². The Morgan fingerprint density at radius 3 is 2.41 bits per heavy atom. The maximum atomic E-state index is 12.0. The molecule has 0 bridgehead atoms. The summed E-state index contributed by atoms with van der Waals surface area (Å²) >= 11 is 0. The minimum absolute atomic E-state index is 0.189. The quantitative estimate of drug-likeness (QED) is 0.601. The fourth-order valence-electron chi connectivity index (χ4n) is 2.50. The molecule has 0 radical (unpaired) electrons. The number of carbonyl (C=O) groups is 2. The van der Waals surface area contributed by atoms with E-state index in [4.69, 9.17) is 14.2 Å². The Balaban J connectivity index is 1.68. The topological polar surface area (TPSA) is 66.8 Å². The van der Waals surface area contributed by atoms with Crippen LogP contribution < -0.4 is 4.74 Å². The second-order valence-electron chi connectivity index (χ2n) is 5.70. The molecule has 1 heterocycles. The molecule has 0 spiro atoms. The number of nitrogens with zero attached hydrogens (tertiary/aromatic N) is 1. The second-order valence-corrected chi connectivity index (χ2v) is 5.70. The number of hydrogen-bond donors (Lipinski definition) is 0. The third kappa shape index (κ3) is 4.76. The molecular formula is C21H19NO5. The number of benzene rings is 2. The van der Waals surface area contributed by atoms with Crippen molar-refractivity contribution < 1.29 is 23.8 Å². The monoisotopic (exact) mass is 365 g/mol. The van der Waals surface area contributed by atoms with E-state index in [-0.39, 0.29) is 13.2 Å². The first-order valence-corrected chi connectivity index (χ1v) is 8.35. The van der Waals surface area contributed by atoms with Gasteiger partial charge in [-0.15, -0.1) is 0 Å². The predicted octanol–water partition coefficient (Wildman–Crippen LogP) is 3.39. The minimum Gasteiger partial charge on any atom is -0.480 e. The first-order valence-electron chi connectivity index (χ1n) is 8.35. The lowest BCUT2D eigenvalue weighted by Crippen LogP contribution is -2.15. The standard InChI is InChI=1S/C21H19NO5/c1-25-21(24)17-9-10-19(18(13-17)22-11-5-6-12-22)26-15-20(23)27-14-16-7-3-2-4-8-16/h2-13H,14-15H2,1H3. The minimum atomic E-state index is -0.477. The summed E-state index contributed by atoms with van der Waals surface area (Å²) in [6.07, 6.45) is 3.63. The van der Waals surface area contributed by atoms with Gasteiger partial charge in [0.15, 0.2) is 6.61 Å². The molecule has 2 aromatic carbocycles.